The second-order valence-corrected chi connectivity index (χ2v) is 4.76. The van der Waals surface area contributed by atoms with Gasteiger partial charge in [-0.3, -0.25) is 0 Å². The van der Waals surface area contributed by atoms with Crippen molar-refractivity contribution in [2.45, 2.75) is 18.8 Å². The van der Waals surface area contributed by atoms with Crippen LogP contribution in [0.2, 0.25) is 0 Å². The normalized spacial score (nSPS) is 19.0. The highest BCUT2D eigenvalue weighted by atomic mass is 16.4. The van der Waals surface area contributed by atoms with Crippen LogP contribution in [0.5, 0.6) is 0 Å². The van der Waals surface area contributed by atoms with E-state index in [-0.39, 0.29) is 11.6 Å². The van der Waals surface area contributed by atoms with Crippen LogP contribution in [-0.2, 0) is 0 Å². The molecule has 2 aromatic rings. The summed E-state index contributed by atoms with van der Waals surface area (Å²) in [4.78, 5) is 16.9. The smallest absolute Gasteiger partial charge is 0.354 e. The zero-order chi connectivity index (χ0) is 13.9. The Bertz CT molecular complexity index is 600. The standard InChI is InChI=1S/C12H14N6O2/c19-12(20)10-6-9(3-4-13-10)18-5-1-2-8(7-18)11-14-16-17-15-11/h3-4,6,8H,1-2,5,7H2,(H,19,20)(H,14,15,16,17). The van der Waals surface area contributed by atoms with E-state index in [1.165, 1.54) is 6.20 Å². The molecule has 0 saturated carbocycles. The number of carboxylic acid groups (broad SMARTS) is 1. The fourth-order valence-electron chi connectivity index (χ4n) is 2.50. The van der Waals surface area contributed by atoms with E-state index in [2.05, 4.69) is 30.5 Å². The number of hydrogen-bond acceptors (Lipinski definition) is 6. The lowest BCUT2D eigenvalue weighted by molar-refractivity contribution is 0.0690. The van der Waals surface area contributed by atoms with Gasteiger partial charge in [-0.1, -0.05) is 5.21 Å². The number of aromatic nitrogens is 5. The molecule has 0 bridgehead atoms. The maximum atomic E-state index is 11.0. The van der Waals surface area contributed by atoms with Crippen molar-refractivity contribution < 1.29 is 9.90 Å². The maximum Gasteiger partial charge on any atom is 0.354 e. The fourth-order valence-corrected chi connectivity index (χ4v) is 2.50. The molecule has 8 nitrogen and oxygen atoms in total. The number of carboxylic acids is 1. The van der Waals surface area contributed by atoms with Gasteiger partial charge in [0.05, 0.1) is 0 Å². The van der Waals surface area contributed by atoms with Gasteiger partial charge in [-0.2, -0.15) is 5.21 Å². The molecule has 2 aromatic heterocycles. The van der Waals surface area contributed by atoms with Gasteiger partial charge in [-0.25, -0.2) is 9.78 Å². The molecule has 20 heavy (non-hydrogen) atoms. The molecule has 0 aromatic carbocycles. The lowest BCUT2D eigenvalue weighted by Gasteiger charge is -2.33. The van der Waals surface area contributed by atoms with Crippen molar-refractivity contribution in [3.8, 4) is 0 Å². The zero-order valence-electron chi connectivity index (χ0n) is 10.7. The molecule has 0 radical (unpaired) electrons. The summed E-state index contributed by atoms with van der Waals surface area (Å²) < 4.78 is 0. The van der Waals surface area contributed by atoms with Crippen molar-refractivity contribution in [1.82, 2.24) is 25.6 Å². The molecule has 3 rings (SSSR count). The lowest BCUT2D eigenvalue weighted by Crippen LogP contribution is -2.34. The summed E-state index contributed by atoms with van der Waals surface area (Å²) in [5, 5.41) is 23.1. The minimum atomic E-state index is -1.02. The number of carbonyl (C=O) groups is 1. The average Bonchev–Trinajstić information content (AvgIpc) is 3.02. The highest BCUT2D eigenvalue weighted by Crippen LogP contribution is 2.27. The predicted octanol–water partition coefficient (Wildman–Crippen LogP) is 0.677. The molecular formula is C12H14N6O2. The largest absolute Gasteiger partial charge is 0.477 e. The number of nitrogens with one attached hydrogen (secondary N) is 1. The molecule has 1 fully saturated rings. The molecule has 1 aliphatic heterocycles. The molecule has 1 saturated heterocycles. The van der Waals surface area contributed by atoms with Gasteiger partial charge in [0.15, 0.2) is 5.82 Å². The molecule has 0 aliphatic carbocycles. The Hall–Kier alpha value is -2.51. The maximum absolute atomic E-state index is 11.0. The topological polar surface area (TPSA) is 108 Å². The van der Waals surface area contributed by atoms with Crippen molar-refractivity contribution in [3.05, 3.63) is 29.8 Å². The third-order valence-electron chi connectivity index (χ3n) is 3.48. The van der Waals surface area contributed by atoms with Gasteiger partial charge in [0.25, 0.3) is 0 Å². The van der Waals surface area contributed by atoms with E-state index < -0.39 is 5.97 Å². The van der Waals surface area contributed by atoms with E-state index in [0.29, 0.717) is 5.82 Å². The quantitative estimate of drug-likeness (QED) is 0.847. The van der Waals surface area contributed by atoms with Crippen molar-refractivity contribution in [2.24, 2.45) is 0 Å². The predicted molar refractivity (Wildman–Crippen MR) is 69.6 cm³/mol. The minimum absolute atomic E-state index is 0.0594. The van der Waals surface area contributed by atoms with Crippen LogP contribution in [0, 0.1) is 0 Å². The SMILES string of the molecule is O=C(O)c1cc(N2CCCC(c3nn[nH]n3)C2)ccn1. The molecule has 2 N–H and O–H groups in total. The van der Waals surface area contributed by atoms with Gasteiger partial charge in [0.2, 0.25) is 0 Å². The number of nitrogens with zero attached hydrogens (tertiary/aromatic N) is 5. The number of piperidine rings is 1. The fraction of sp³-hybridized carbons (Fsp3) is 0.417. The van der Waals surface area contributed by atoms with E-state index in [0.717, 1.165) is 31.6 Å². The van der Waals surface area contributed by atoms with Crippen molar-refractivity contribution in [3.63, 3.8) is 0 Å². The van der Waals surface area contributed by atoms with E-state index in [1.54, 1.807) is 6.07 Å². The van der Waals surface area contributed by atoms with Gasteiger partial charge in [0.1, 0.15) is 5.69 Å². The summed E-state index contributed by atoms with van der Waals surface area (Å²) in [5.41, 5.74) is 0.926. The molecular weight excluding hydrogens is 260 g/mol. The summed E-state index contributed by atoms with van der Waals surface area (Å²) in [6, 6.07) is 3.42. The summed E-state index contributed by atoms with van der Waals surface area (Å²) in [6.07, 6.45) is 3.54. The van der Waals surface area contributed by atoms with Gasteiger partial charge < -0.3 is 10.0 Å². The summed E-state index contributed by atoms with van der Waals surface area (Å²) in [7, 11) is 0. The monoisotopic (exact) mass is 274 g/mol. The summed E-state index contributed by atoms with van der Waals surface area (Å²) >= 11 is 0. The van der Waals surface area contributed by atoms with Crippen molar-refractivity contribution >= 4 is 11.7 Å². The first-order valence-electron chi connectivity index (χ1n) is 6.41. The Morgan fingerprint density at radius 1 is 1.50 bits per heavy atom. The van der Waals surface area contributed by atoms with Crippen LogP contribution in [0.4, 0.5) is 5.69 Å². The van der Waals surface area contributed by atoms with Crippen LogP contribution in [0.25, 0.3) is 0 Å². The minimum Gasteiger partial charge on any atom is -0.477 e. The summed E-state index contributed by atoms with van der Waals surface area (Å²) in [5.74, 6) is -0.0928. The highest BCUT2D eigenvalue weighted by Gasteiger charge is 2.25. The first-order chi connectivity index (χ1) is 9.74. The Morgan fingerprint density at radius 3 is 3.15 bits per heavy atom. The molecule has 0 amide bonds. The molecule has 1 unspecified atom stereocenters. The zero-order valence-corrected chi connectivity index (χ0v) is 10.7. The average molecular weight is 274 g/mol. The van der Waals surface area contributed by atoms with Gasteiger partial charge in [0, 0.05) is 30.9 Å². The van der Waals surface area contributed by atoms with Crippen LogP contribution in [-0.4, -0.2) is 49.8 Å². The number of aromatic amines is 1. The van der Waals surface area contributed by atoms with E-state index in [4.69, 9.17) is 5.11 Å². The van der Waals surface area contributed by atoms with E-state index >= 15 is 0 Å². The Labute approximate surface area is 114 Å². The Kier molecular flexibility index (Phi) is 3.28. The van der Waals surface area contributed by atoms with Gasteiger partial charge >= 0.3 is 5.97 Å². The number of aromatic carboxylic acids is 1. The molecule has 104 valence electrons. The Morgan fingerprint density at radius 2 is 2.40 bits per heavy atom. The molecule has 1 atom stereocenters. The second kappa shape index (κ2) is 5.24. The number of H-pyrrole nitrogens is 1. The molecule has 8 heteroatoms. The van der Waals surface area contributed by atoms with Crippen LogP contribution in [0.3, 0.4) is 0 Å². The number of tetrazole rings is 1. The van der Waals surface area contributed by atoms with Gasteiger partial charge in [-0.05, 0) is 25.0 Å². The second-order valence-electron chi connectivity index (χ2n) is 4.76. The van der Waals surface area contributed by atoms with Crippen LogP contribution in [0.15, 0.2) is 18.3 Å². The van der Waals surface area contributed by atoms with Crippen molar-refractivity contribution in [1.29, 1.82) is 0 Å². The summed E-state index contributed by atoms with van der Waals surface area (Å²) in [6.45, 7) is 1.64. The number of hydrogen-bond donors (Lipinski definition) is 2. The first kappa shape index (κ1) is 12.5. The van der Waals surface area contributed by atoms with Crippen LogP contribution in [0.1, 0.15) is 35.1 Å². The first-order valence-corrected chi connectivity index (χ1v) is 6.41. The third-order valence-corrected chi connectivity index (χ3v) is 3.48. The molecule has 3 heterocycles. The van der Waals surface area contributed by atoms with Crippen LogP contribution >= 0.6 is 0 Å². The molecule has 0 spiro atoms. The third kappa shape index (κ3) is 2.44. The highest BCUT2D eigenvalue weighted by molar-refractivity contribution is 5.86. The van der Waals surface area contributed by atoms with E-state index in [1.807, 2.05) is 6.07 Å². The van der Waals surface area contributed by atoms with Crippen LogP contribution < -0.4 is 4.90 Å². The molecule has 1 aliphatic rings. The lowest BCUT2D eigenvalue weighted by atomic mass is 9.97. The van der Waals surface area contributed by atoms with E-state index in [9.17, 15) is 4.79 Å². The van der Waals surface area contributed by atoms with Gasteiger partial charge in [-0.15, -0.1) is 10.2 Å². The number of anilines is 1. The Balaban J connectivity index is 1.80. The number of rotatable bonds is 3. The van der Waals surface area contributed by atoms with Crippen molar-refractivity contribution in [2.75, 3.05) is 18.0 Å². The number of pyridine rings is 1.